The lowest BCUT2D eigenvalue weighted by Gasteiger charge is -2.43. The number of aromatic amines is 1. The Morgan fingerprint density at radius 1 is 1.17 bits per heavy atom. The molecule has 2 aliphatic carbocycles. The van der Waals surface area contributed by atoms with Gasteiger partial charge in [-0.3, -0.25) is 4.79 Å². The summed E-state index contributed by atoms with van der Waals surface area (Å²) in [4.78, 5) is 12.6. The molecule has 1 aromatic heterocycles. The number of hydrogen-bond acceptors (Lipinski definition) is 5. The minimum absolute atomic E-state index is 0.0805. The largest absolute Gasteiger partial charge is 0.327 e. The number of anilines is 1. The van der Waals surface area contributed by atoms with E-state index in [2.05, 4.69) is 25.9 Å². The first kappa shape index (κ1) is 15.3. The van der Waals surface area contributed by atoms with E-state index in [0.29, 0.717) is 17.7 Å². The molecule has 1 heterocycles. The molecule has 2 fully saturated rings. The van der Waals surface area contributed by atoms with Gasteiger partial charge in [-0.1, -0.05) is 6.42 Å². The molecule has 4 N–H and O–H groups in total. The summed E-state index contributed by atoms with van der Waals surface area (Å²) in [6.07, 6.45) is 5.44. The number of nitrogens with one attached hydrogen (secondary N) is 2. The van der Waals surface area contributed by atoms with Crippen molar-refractivity contribution in [2.24, 2.45) is 23.5 Å². The van der Waals surface area contributed by atoms with Crippen molar-refractivity contribution < 1.29 is 4.79 Å². The molecule has 1 aromatic carbocycles. The lowest BCUT2D eigenvalue weighted by atomic mass is 9.65. The Morgan fingerprint density at radius 3 is 2.50 bits per heavy atom. The average Bonchev–Trinajstić information content (AvgIpc) is 3.09. The second kappa shape index (κ2) is 6.32. The zero-order chi connectivity index (χ0) is 16.5. The molecular weight excluding hydrogens is 304 g/mol. The van der Waals surface area contributed by atoms with Crippen molar-refractivity contribution in [2.75, 3.05) is 5.32 Å². The van der Waals surface area contributed by atoms with E-state index in [1.807, 2.05) is 24.3 Å². The van der Waals surface area contributed by atoms with Crippen LogP contribution in [0.4, 0.5) is 5.69 Å². The van der Waals surface area contributed by atoms with Gasteiger partial charge in [-0.05, 0) is 67.0 Å². The average molecular weight is 326 g/mol. The predicted octanol–water partition coefficient (Wildman–Crippen LogP) is 1.96. The minimum atomic E-state index is 0.0805. The van der Waals surface area contributed by atoms with Crippen molar-refractivity contribution in [2.45, 2.75) is 38.1 Å². The Morgan fingerprint density at radius 2 is 1.88 bits per heavy atom. The van der Waals surface area contributed by atoms with Crippen molar-refractivity contribution in [3.8, 4) is 11.4 Å². The van der Waals surface area contributed by atoms with Gasteiger partial charge in [0, 0.05) is 23.2 Å². The molecule has 7 nitrogen and oxygen atoms in total. The van der Waals surface area contributed by atoms with E-state index >= 15 is 0 Å². The van der Waals surface area contributed by atoms with E-state index in [0.717, 1.165) is 24.1 Å². The lowest BCUT2D eigenvalue weighted by Crippen LogP contribution is -2.48. The van der Waals surface area contributed by atoms with Crippen LogP contribution in [0, 0.1) is 17.8 Å². The molecule has 2 unspecified atom stereocenters. The fourth-order valence-corrected chi connectivity index (χ4v) is 4.23. The smallest absolute Gasteiger partial charge is 0.227 e. The van der Waals surface area contributed by atoms with Crippen molar-refractivity contribution in [3.05, 3.63) is 24.3 Å². The predicted molar refractivity (Wildman–Crippen MR) is 89.8 cm³/mol. The molecule has 0 saturated heterocycles. The summed E-state index contributed by atoms with van der Waals surface area (Å²) in [6, 6.07) is 7.80. The topological polar surface area (TPSA) is 110 Å². The molecule has 0 aliphatic heterocycles. The Balaban J connectivity index is 1.41. The molecule has 0 spiro atoms. The molecule has 2 aliphatic rings. The summed E-state index contributed by atoms with van der Waals surface area (Å²) in [7, 11) is 0. The number of H-pyrrole nitrogens is 1. The van der Waals surface area contributed by atoms with Crippen molar-refractivity contribution in [1.82, 2.24) is 20.6 Å². The van der Waals surface area contributed by atoms with Crippen LogP contribution < -0.4 is 11.1 Å². The zero-order valence-corrected chi connectivity index (χ0v) is 13.5. The molecule has 0 radical (unpaired) electrons. The SMILES string of the molecule is NC1C2CCCC1CC(C(=O)Nc1ccc(-c3nn[nH]n3)cc1)C2. The highest BCUT2D eigenvalue weighted by atomic mass is 16.1. The highest BCUT2D eigenvalue weighted by molar-refractivity contribution is 5.92. The Hall–Kier alpha value is -2.28. The third-order valence-electron chi connectivity index (χ3n) is 5.54. The van der Waals surface area contributed by atoms with Crippen LogP contribution in [0.2, 0.25) is 0 Å². The Labute approximate surface area is 140 Å². The van der Waals surface area contributed by atoms with Gasteiger partial charge in [-0.2, -0.15) is 5.21 Å². The first-order valence-electron chi connectivity index (χ1n) is 8.61. The second-order valence-electron chi connectivity index (χ2n) is 7.00. The van der Waals surface area contributed by atoms with E-state index < -0.39 is 0 Å². The van der Waals surface area contributed by atoms with Gasteiger partial charge in [0.15, 0.2) is 0 Å². The van der Waals surface area contributed by atoms with Gasteiger partial charge in [0.05, 0.1) is 0 Å². The van der Waals surface area contributed by atoms with Gasteiger partial charge in [-0.25, -0.2) is 0 Å². The number of carbonyl (C=O) groups is 1. The van der Waals surface area contributed by atoms with E-state index in [1.165, 1.54) is 19.3 Å². The molecule has 2 saturated carbocycles. The van der Waals surface area contributed by atoms with Crippen LogP contribution in [-0.2, 0) is 4.79 Å². The number of aromatic nitrogens is 4. The number of rotatable bonds is 3. The molecule has 1 amide bonds. The van der Waals surface area contributed by atoms with Gasteiger partial charge in [0.1, 0.15) is 0 Å². The highest BCUT2D eigenvalue weighted by Crippen LogP contribution is 2.42. The van der Waals surface area contributed by atoms with Crippen LogP contribution in [0.25, 0.3) is 11.4 Å². The molecule has 2 atom stereocenters. The van der Waals surface area contributed by atoms with Crippen LogP contribution in [0.5, 0.6) is 0 Å². The van der Waals surface area contributed by atoms with Crippen molar-refractivity contribution in [1.29, 1.82) is 0 Å². The number of fused-ring (bicyclic) bond motifs is 2. The Bertz CT molecular complexity index is 684. The van der Waals surface area contributed by atoms with Crippen molar-refractivity contribution in [3.63, 3.8) is 0 Å². The third kappa shape index (κ3) is 2.91. The lowest BCUT2D eigenvalue weighted by molar-refractivity contribution is -0.122. The fourth-order valence-electron chi connectivity index (χ4n) is 4.23. The maximum absolute atomic E-state index is 12.6. The van der Waals surface area contributed by atoms with Crippen LogP contribution in [-0.4, -0.2) is 32.6 Å². The molecule has 4 rings (SSSR count). The number of amides is 1. The maximum Gasteiger partial charge on any atom is 0.227 e. The van der Waals surface area contributed by atoms with Gasteiger partial charge in [0.25, 0.3) is 0 Å². The number of carbonyl (C=O) groups excluding carboxylic acids is 1. The summed E-state index contributed by atoms with van der Waals surface area (Å²) < 4.78 is 0. The normalized spacial score (nSPS) is 29.2. The first-order valence-corrected chi connectivity index (χ1v) is 8.61. The molecule has 24 heavy (non-hydrogen) atoms. The molecule has 7 heteroatoms. The standard InChI is InChI=1S/C17H22N6O/c18-15-11-2-1-3-12(15)9-13(8-11)17(24)19-14-6-4-10(5-7-14)16-20-22-23-21-16/h4-7,11-13,15H,1-3,8-9,18H2,(H,19,24)(H,20,21,22,23). The Kier molecular flexibility index (Phi) is 4.02. The van der Waals surface area contributed by atoms with E-state index in [4.69, 9.17) is 5.73 Å². The quantitative estimate of drug-likeness (QED) is 0.798. The van der Waals surface area contributed by atoms with Crippen LogP contribution >= 0.6 is 0 Å². The summed E-state index contributed by atoms with van der Waals surface area (Å²) in [6.45, 7) is 0. The first-order chi connectivity index (χ1) is 11.7. The van der Waals surface area contributed by atoms with Crippen LogP contribution in [0.1, 0.15) is 32.1 Å². The molecule has 2 bridgehead atoms. The van der Waals surface area contributed by atoms with E-state index in [-0.39, 0.29) is 17.9 Å². The number of nitrogens with zero attached hydrogens (tertiary/aromatic N) is 3. The van der Waals surface area contributed by atoms with Crippen LogP contribution in [0.3, 0.4) is 0 Å². The number of benzene rings is 1. The molecular formula is C17H22N6O. The number of hydrogen-bond donors (Lipinski definition) is 3. The third-order valence-corrected chi connectivity index (χ3v) is 5.54. The highest BCUT2D eigenvalue weighted by Gasteiger charge is 2.40. The summed E-state index contributed by atoms with van der Waals surface area (Å²) in [5.41, 5.74) is 7.97. The van der Waals surface area contributed by atoms with Crippen LogP contribution in [0.15, 0.2) is 24.3 Å². The summed E-state index contributed by atoms with van der Waals surface area (Å²) >= 11 is 0. The zero-order valence-electron chi connectivity index (χ0n) is 13.5. The molecule has 2 aromatic rings. The van der Waals surface area contributed by atoms with E-state index in [9.17, 15) is 4.79 Å². The van der Waals surface area contributed by atoms with E-state index in [1.54, 1.807) is 0 Å². The van der Waals surface area contributed by atoms with Gasteiger partial charge < -0.3 is 11.1 Å². The molecule has 126 valence electrons. The van der Waals surface area contributed by atoms with Gasteiger partial charge in [0.2, 0.25) is 11.7 Å². The van der Waals surface area contributed by atoms with Gasteiger partial charge >= 0.3 is 0 Å². The van der Waals surface area contributed by atoms with Crippen molar-refractivity contribution >= 4 is 11.6 Å². The maximum atomic E-state index is 12.6. The van der Waals surface area contributed by atoms with Gasteiger partial charge in [-0.15, -0.1) is 10.2 Å². The summed E-state index contributed by atoms with van der Waals surface area (Å²) in [5.74, 6) is 1.76. The number of tetrazole rings is 1. The minimum Gasteiger partial charge on any atom is -0.327 e. The fraction of sp³-hybridized carbons (Fsp3) is 0.529. The number of nitrogens with two attached hydrogens (primary N) is 1. The second-order valence-corrected chi connectivity index (χ2v) is 7.00. The monoisotopic (exact) mass is 326 g/mol. The summed E-state index contributed by atoms with van der Waals surface area (Å²) in [5, 5.41) is 16.9.